The molecule has 0 heterocycles. The summed E-state index contributed by atoms with van der Waals surface area (Å²) in [5.41, 5.74) is 0.845. The lowest BCUT2D eigenvalue weighted by Crippen LogP contribution is -2.26. The number of carbonyl (C=O) groups excluding carboxylic acids is 1. The summed E-state index contributed by atoms with van der Waals surface area (Å²) in [6.07, 6.45) is -4.03. The molecule has 0 saturated heterocycles. The number of amides is 1. The Kier molecular flexibility index (Phi) is 6.85. The molecule has 0 unspecified atom stereocenters. The number of halogens is 3. The molecule has 0 fully saturated rings. The summed E-state index contributed by atoms with van der Waals surface area (Å²) in [6.45, 7) is 0.269. The second-order valence-electron chi connectivity index (χ2n) is 6.94. The van der Waals surface area contributed by atoms with Crippen molar-refractivity contribution in [1.82, 2.24) is 5.32 Å². The summed E-state index contributed by atoms with van der Waals surface area (Å²) in [5.74, 6) is -0.402. The first-order valence-corrected chi connectivity index (χ1v) is 11.0. The SMILES string of the molecule is NS(=O)(=O)c1ccc(CCNC(=O)c2ccccc2Nc2cccc(C(F)(F)F)c2)cc1. The van der Waals surface area contributed by atoms with E-state index in [-0.39, 0.29) is 22.7 Å². The zero-order chi connectivity index (χ0) is 23.4. The minimum absolute atomic E-state index is 0.000111. The first-order chi connectivity index (χ1) is 15.0. The van der Waals surface area contributed by atoms with Crippen molar-refractivity contribution < 1.29 is 26.4 Å². The van der Waals surface area contributed by atoms with Crippen LogP contribution in [0.1, 0.15) is 21.5 Å². The fourth-order valence-corrected chi connectivity index (χ4v) is 3.50. The van der Waals surface area contributed by atoms with Crippen LogP contribution in [0.3, 0.4) is 0 Å². The molecule has 32 heavy (non-hydrogen) atoms. The van der Waals surface area contributed by atoms with Gasteiger partial charge in [0.1, 0.15) is 0 Å². The van der Waals surface area contributed by atoms with Crippen molar-refractivity contribution in [2.45, 2.75) is 17.5 Å². The molecule has 10 heteroatoms. The van der Waals surface area contributed by atoms with E-state index in [1.807, 2.05) is 0 Å². The molecule has 3 rings (SSSR count). The number of nitrogens with one attached hydrogen (secondary N) is 2. The number of para-hydroxylation sites is 1. The van der Waals surface area contributed by atoms with Gasteiger partial charge in [0.25, 0.3) is 5.91 Å². The molecule has 0 aromatic heterocycles. The monoisotopic (exact) mass is 463 g/mol. The number of sulfonamides is 1. The summed E-state index contributed by atoms with van der Waals surface area (Å²) in [6, 6.07) is 17.2. The average molecular weight is 463 g/mol. The van der Waals surface area contributed by atoms with E-state index >= 15 is 0 Å². The van der Waals surface area contributed by atoms with Crippen molar-refractivity contribution in [2.24, 2.45) is 5.14 Å². The number of primary sulfonamides is 1. The number of benzene rings is 3. The van der Waals surface area contributed by atoms with Crippen molar-refractivity contribution in [3.8, 4) is 0 Å². The van der Waals surface area contributed by atoms with E-state index in [1.165, 1.54) is 24.3 Å². The Morgan fingerprint density at radius 2 is 1.62 bits per heavy atom. The molecule has 0 radical (unpaired) electrons. The van der Waals surface area contributed by atoms with Crippen molar-refractivity contribution in [3.05, 3.63) is 89.5 Å². The highest BCUT2D eigenvalue weighted by molar-refractivity contribution is 7.89. The smallest absolute Gasteiger partial charge is 0.355 e. The van der Waals surface area contributed by atoms with Gasteiger partial charge in [0.2, 0.25) is 10.0 Å². The number of carbonyl (C=O) groups is 1. The van der Waals surface area contributed by atoms with Gasteiger partial charge in [-0.05, 0) is 54.4 Å². The summed E-state index contributed by atoms with van der Waals surface area (Å²) in [5, 5.41) is 10.7. The predicted octanol–water partition coefficient (Wildman–Crippen LogP) is 4.07. The third-order valence-corrected chi connectivity index (χ3v) is 5.52. The lowest BCUT2D eigenvalue weighted by Gasteiger charge is -2.14. The van der Waals surface area contributed by atoms with Crippen LogP contribution in [-0.2, 0) is 22.6 Å². The lowest BCUT2D eigenvalue weighted by molar-refractivity contribution is -0.137. The molecule has 1 amide bonds. The third kappa shape index (κ3) is 6.08. The predicted molar refractivity (Wildman–Crippen MR) is 115 cm³/mol. The van der Waals surface area contributed by atoms with Crippen LogP contribution in [0.25, 0.3) is 0 Å². The molecular formula is C22H20F3N3O3S. The first-order valence-electron chi connectivity index (χ1n) is 9.47. The van der Waals surface area contributed by atoms with Crippen molar-refractivity contribution in [1.29, 1.82) is 0 Å². The molecule has 0 saturated carbocycles. The van der Waals surface area contributed by atoms with E-state index in [2.05, 4.69) is 10.6 Å². The molecule has 6 nitrogen and oxygen atoms in total. The van der Waals surface area contributed by atoms with E-state index in [0.29, 0.717) is 12.1 Å². The molecule has 0 spiro atoms. The van der Waals surface area contributed by atoms with Crippen LogP contribution in [0.15, 0.2) is 77.7 Å². The van der Waals surface area contributed by atoms with E-state index < -0.39 is 27.7 Å². The van der Waals surface area contributed by atoms with Crippen molar-refractivity contribution >= 4 is 27.3 Å². The van der Waals surface area contributed by atoms with Gasteiger partial charge in [0, 0.05) is 12.2 Å². The molecule has 4 N–H and O–H groups in total. The van der Waals surface area contributed by atoms with E-state index in [1.54, 1.807) is 36.4 Å². The first kappa shape index (κ1) is 23.3. The zero-order valence-corrected chi connectivity index (χ0v) is 17.5. The standard InChI is InChI=1S/C22H20F3N3O3S/c23-22(24,25)16-4-3-5-17(14-16)28-20-7-2-1-6-19(20)21(29)27-13-12-15-8-10-18(11-9-15)32(26,30)31/h1-11,14,28H,12-13H2,(H,27,29)(H2,26,30,31). The van der Waals surface area contributed by atoms with Gasteiger partial charge >= 0.3 is 6.18 Å². The van der Waals surface area contributed by atoms with Gasteiger partial charge in [0.05, 0.1) is 21.7 Å². The highest BCUT2D eigenvalue weighted by Crippen LogP contribution is 2.31. The topological polar surface area (TPSA) is 101 Å². The number of hydrogen-bond acceptors (Lipinski definition) is 4. The molecular weight excluding hydrogens is 443 g/mol. The molecule has 0 aliphatic heterocycles. The minimum atomic E-state index is -4.47. The fraction of sp³-hybridized carbons (Fsp3) is 0.136. The third-order valence-electron chi connectivity index (χ3n) is 4.59. The Morgan fingerprint density at radius 3 is 2.28 bits per heavy atom. The van der Waals surface area contributed by atoms with Gasteiger partial charge in [-0.25, -0.2) is 13.6 Å². The van der Waals surface area contributed by atoms with Gasteiger partial charge < -0.3 is 10.6 Å². The van der Waals surface area contributed by atoms with Crippen LogP contribution in [0.4, 0.5) is 24.5 Å². The van der Waals surface area contributed by atoms with Gasteiger partial charge in [0.15, 0.2) is 0 Å². The summed E-state index contributed by atoms with van der Waals surface area (Å²) >= 11 is 0. The molecule has 0 atom stereocenters. The van der Waals surface area contributed by atoms with E-state index in [0.717, 1.165) is 17.7 Å². The second-order valence-corrected chi connectivity index (χ2v) is 8.51. The van der Waals surface area contributed by atoms with Crippen LogP contribution in [0.2, 0.25) is 0 Å². The molecule has 0 aliphatic rings. The number of rotatable bonds is 7. The summed E-state index contributed by atoms with van der Waals surface area (Å²) in [7, 11) is -3.77. The lowest BCUT2D eigenvalue weighted by atomic mass is 10.1. The number of alkyl halides is 3. The summed E-state index contributed by atoms with van der Waals surface area (Å²) < 4.78 is 61.4. The minimum Gasteiger partial charge on any atom is -0.355 e. The van der Waals surface area contributed by atoms with Crippen LogP contribution < -0.4 is 15.8 Å². The zero-order valence-electron chi connectivity index (χ0n) is 16.7. The molecule has 0 aliphatic carbocycles. The number of hydrogen-bond donors (Lipinski definition) is 3. The maximum atomic E-state index is 12.9. The maximum Gasteiger partial charge on any atom is 0.416 e. The van der Waals surface area contributed by atoms with Crippen LogP contribution in [-0.4, -0.2) is 20.9 Å². The van der Waals surface area contributed by atoms with Crippen molar-refractivity contribution in [2.75, 3.05) is 11.9 Å². The van der Waals surface area contributed by atoms with E-state index in [4.69, 9.17) is 5.14 Å². The largest absolute Gasteiger partial charge is 0.416 e. The van der Waals surface area contributed by atoms with E-state index in [9.17, 15) is 26.4 Å². The normalized spacial score (nSPS) is 11.8. The van der Waals surface area contributed by atoms with Crippen LogP contribution in [0.5, 0.6) is 0 Å². The number of anilines is 2. The summed E-state index contributed by atoms with van der Waals surface area (Å²) in [4.78, 5) is 12.6. The molecule has 3 aromatic carbocycles. The van der Waals surface area contributed by atoms with Gasteiger partial charge in [-0.2, -0.15) is 13.2 Å². The molecule has 3 aromatic rings. The highest BCUT2D eigenvalue weighted by Gasteiger charge is 2.30. The van der Waals surface area contributed by atoms with Gasteiger partial charge in [-0.1, -0.05) is 30.3 Å². The molecule has 0 bridgehead atoms. The Hall–Kier alpha value is -3.37. The highest BCUT2D eigenvalue weighted by atomic mass is 32.2. The van der Waals surface area contributed by atoms with Crippen molar-refractivity contribution in [3.63, 3.8) is 0 Å². The Bertz CT molecular complexity index is 1210. The Balaban J connectivity index is 1.66. The maximum absolute atomic E-state index is 12.9. The Morgan fingerprint density at radius 1 is 0.938 bits per heavy atom. The van der Waals surface area contributed by atoms with Crippen LogP contribution in [0, 0.1) is 0 Å². The van der Waals surface area contributed by atoms with Gasteiger partial charge in [-0.15, -0.1) is 0 Å². The average Bonchev–Trinajstić information content (AvgIpc) is 2.73. The van der Waals surface area contributed by atoms with Gasteiger partial charge in [-0.3, -0.25) is 4.79 Å². The fourth-order valence-electron chi connectivity index (χ4n) is 2.98. The second kappa shape index (κ2) is 9.41. The quantitative estimate of drug-likeness (QED) is 0.492. The Labute approximate surface area is 183 Å². The number of nitrogens with two attached hydrogens (primary N) is 1. The molecule has 168 valence electrons. The van der Waals surface area contributed by atoms with Crippen LogP contribution >= 0.6 is 0 Å².